The Hall–Kier alpha value is -0.900. The van der Waals surface area contributed by atoms with Gasteiger partial charge in [0.1, 0.15) is 0 Å². The summed E-state index contributed by atoms with van der Waals surface area (Å²) in [5.41, 5.74) is 6.85. The van der Waals surface area contributed by atoms with Gasteiger partial charge in [-0.15, -0.1) is 0 Å². The van der Waals surface area contributed by atoms with Gasteiger partial charge in [-0.2, -0.15) is 0 Å². The minimum atomic E-state index is -0.503. The van der Waals surface area contributed by atoms with E-state index in [1.165, 1.54) is 18.4 Å². The summed E-state index contributed by atoms with van der Waals surface area (Å²) < 4.78 is 0. The van der Waals surface area contributed by atoms with Crippen LogP contribution in [0.5, 0.6) is 0 Å². The molecule has 3 nitrogen and oxygen atoms in total. The SMILES string of the molecule is CC(N)(CO)CN(Cc1ccccc1)C1CC1. The van der Waals surface area contributed by atoms with E-state index in [4.69, 9.17) is 5.73 Å². The molecule has 0 aliphatic heterocycles. The minimum Gasteiger partial charge on any atom is -0.394 e. The van der Waals surface area contributed by atoms with Crippen LogP contribution in [0, 0.1) is 0 Å². The standard InChI is InChI=1S/C14H22N2O/c1-14(15,11-17)10-16(13-7-8-13)9-12-5-3-2-4-6-12/h2-6,13,17H,7-11,15H2,1H3. The van der Waals surface area contributed by atoms with Gasteiger partial charge >= 0.3 is 0 Å². The second kappa shape index (κ2) is 5.17. The highest BCUT2D eigenvalue weighted by atomic mass is 16.3. The Labute approximate surface area is 103 Å². The Bertz CT molecular complexity index is 346. The van der Waals surface area contributed by atoms with Crippen molar-refractivity contribution in [2.45, 2.75) is 37.9 Å². The molecule has 94 valence electrons. The van der Waals surface area contributed by atoms with Gasteiger partial charge < -0.3 is 10.8 Å². The lowest BCUT2D eigenvalue weighted by molar-refractivity contribution is 0.138. The van der Waals surface area contributed by atoms with Gasteiger partial charge in [0, 0.05) is 24.7 Å². The summed E-state index contributed by atoms with van der Waals surface area (Å²) >= 11 is 0. The maximum Gasteiger partial charge on any atom is 0.0621 e. The highest BCUT2D eigenvalue weighted by Crippen LogP contribution is 2.29. The van der Waals surface area contributed by atoms with Crippen molar-refractivity contribution in [3.05, 3.63) is 35.9 Å². The molecule has 0 bridgehead atoms. The second-order valence-corrected chi connectivity index (χ2v) is 5.43. The molecule has 0 heterocycles. The van der Waals surface area contributed by atoms with Gasteiger partial charge in [0.15, 0.2) is 0 Å². The maximum absolute atomic E-state index is 9.26. The van der Waals surface area contributed by atoms with Gasteiger partial charge in [-0.1, -0.05) is 30.3 Å². The van der Waals surface area contributed by atoms with E-state index in [-0.39, 0.29) is 6.61 Å². The third kappa shape index (κ3) is 3.80. The number of benzene rings is 1. The van der Waals surface area contributed by atoms with Crippen LogP contribution in [0.15, 0.2) is 30.3 Å². The lowest BCUT2D eigenvalue weighted by atomic mass is 10.0. The molecule has 1 aromatic carbocycles. The molecule has 1 aliphatic rings. The van der Waals surface area contributed by atoms with Crippen LogP contribution in [0.25, 0.3) is 0 Å². The van der Waals surface area contributed by atoms with Crippen LogP contribution < -0.4 is 5.73 Å². The third-order valence-electron chi connectivity index (χ3n) is 3.22. The van der Waals surface area contributed by atoms with Crippen molar-refractivity contribution in [1.29, 1.82) is 0 Å². The summed E-state index contributed by atoms with van der Waals surface area (Å²) in [7, 11) is 0. The quantitative estimate of drug-likeness (QED) is 0.781. The highest BCUT2D eigenvalue weighted by molar-refractivity contribution is 5.15. The summed E-state index contributed by atoms with van der Waals surface area (Å²) in [4.78, 5) is 2.39. The normalized spacial score (nSPS) is 19.3. The van der Waals surface area contributed by atoms with Crippen molar-refractivity contribution in [3.8, 4) is 0 Å². The predicted molar refractivity (Wildman–Crippen MR) is 69.6 cm³/mol. The molecule has 1 saturated carbocycles. The topological polar surface area (TPSA) is 49.5 Å². The van der Waals surface area contributed by atoms with E-state index >= 15 is 0 Å². The molecule has 0 spiro atoms. The Balaban J connectivity index is 1.98. The molecular weight excluding hydrogens is 212 g/mol. The van der Waals surface area contributed by atoms with Crippen LogP contribution in [0.3, 0.4) is 0 Å². The molecule has 1 unspecified atom stereocenters. The molecule has 3 N–H and O–H groups in total. The Kier molecular flexibility index (Phi) is 3.82. The van der Waals surface area contributed by atoms with E-state index in [0.717, 1.165) is 13.1 Å². The third-order valence-corrected chi connectivity index (χ3v) is 3.22. The van der Waals surface area contributed by atoms with E-state index in [1.807, 2.05) is 13.0 Å². The van der Waals surface area contributed by atoms with Gasteiger partial charge in [-0.25, -0.2) is 0 Å². The van der Waals surface area contributed by atoms with Crippen LogP contribution in [-0.2, 0) is 6.54 Å². The van der Waals surface area contributed by atoms with Crippen molar-refractivity contribution in [3.63, 3.8) is 0 Å². The fraction of sp³-hybridized carbons (Fsp3) is 0.571. The fourth-order valence-corrected chi connectivity index (χ4v) is 2.09. The summed E-state index contributed by atoms with van der Waals surface area (Å²) in [5.74, 6) is 0. The summed E-state index contributed by atoms with van der Waals surface area (Å²) in [5, 5.41) is 9.26. The molecular formula is C14H22N2O. The van der Waals surface area contributed by atoms with Crippen LogP contribution >= 0.6 is 0 Å². The second-order valence-electron chi connectivity index (χ2n) is 5.43. The van der Waals surface area contributed by atoms with Crippen molar-refractivity contribution in [1.82, 2.24) is 4.90 Å². The average molecular weight is 234 g/mol. The molecule has 1 fully saturated rings. The van der Waals surface area contributed by atoms with Crippen molar-refractivity contribution in [2.24, 2.45) is 5.73 Å². The van der Waals surface area contributed by atoms with Gasteiger partial charge in [-0.05, 0) is 25.3 Å². The van der Waals surface area contributed by atoms with Gasteiger partial charge in [-0.3, -0.25) is 4.90 Å². The first-order chi connectivity index (χ1) is 8.11. The van der Waals surface area contributed by atoms with E-state index < -0.39 is 5.54 Å². The molecule has 0 aromatic heterocycles. The van der Waals surface area contributed by atoms with Crippen molar-refractivity contribution >= 4 is 0 Å². The monoisotopic (exact) mass is 234 g/mol. The van der Waals surface area contributed by atoms with E-state index in [2.05, 4.69) is 29.2 Å². The Morgan fingerprint density at radius 2 is 2.00 bits per heavy atom. The van der Waals surface area contributed by atoms with Crippen LogP contribution in [0.4, 0.5) is 0 Å². The number of aliphatic hydroxyl groups is 1. The zero-order chi connectivity index (χ0) is 12.3. The number of rotatable bonds is 6. The first-order valence-electron chi connectivity index (χ1n) is 6.28. The number of nitrogens with zero attached hydrogens (tertiary/aromatic N) is 1. The molecule has 1 aliphatic carbocycles. The highest BCUT2D eigenvalue weighted by Gasteiger charge is 2.32. The number of hydrogen-bond donors (Lipinski definition) is 2. The zero-order valence-electron chi connectivity index (χ0n) is 10.5. The van der Waals surface area contributed by atoms with Gasteiger partial charge in [0.05, 0.1) is 6.61 Å². The van der Waals surface area contributed by atoms with Gasteiger partial charge in [0.25, 0.3) is 0 Å². The number of aliphatic hydroxyl groups excluding tert-OH is 1. The number of hydrogen-bond acceptors (Lipinski definition) is 3. The molecule has 0 radical (unpaired) electrons. The summed E-state index contributed by atoms with van der Waals surface area (Å²) in [6, 6.07) is 11.1. The van der Waals surface area contributed by atoms with Crippen molar-refractivity contribution in [2.75, 3.05) is 13.2 Å². The average Bonchev–Trinajstić information content (AvgIpc) is 3.13. The zero-order valence-corrected chi connectivity index (χ0v) is 10.5. The lowest BCUT2D eigenvalue weighted by Gasteiger charge is -2.31. The van der Waals surface area contributed by atoms with Gasteiger partial charge in [0.2, 0.25) is 0 Å². The maximum atomic E-state index is 9.26. The van der Waals surface area contributed by atoms with Crippen LogP contribution in [0.2, 0.25) is 0 Å². The minimum absolute atomic E-state index is 0.0327. The number of nitrogens with two attached hydrogens (primary N) is 1. The summed E-state index contributed by atoms with van der Waals surface area (Å²) in [6.45, 7) is 3.62. The fourth-order valence-electron chi connectivity index (χ4n) is 2.09. The lowest BCUT2D eigenvalue weighted by Crippen LogP contribution is -2.51. The Morgan fingerprint density at radius 1 is 1.35 bits per heavy atom. The first kappa shape index (κ1) is 12.6. The van der Waals surface area contributed by atoms with E-state index in [9.17, 15) is 5.11 Å². The molecule has 0 saturated heterocycles. The smallest absolute Gasteiger partial charge is 0.0621 e. The first-order valence-corrected chi connectivity index (χ1v) is 6.28. The van der Waals surface area contributed by atoms with Crippen molar-refractivity contribution < 1.29 is 5.11 Å². The molecule has 1 atom stereocenters. The van der Waals surface area contributed by atoms with E-state index in [1.54, 1.807) is 0 Å². The summed E-state index contributed by atoms with van der Waals surface area (Å²) in [6.07, 6.45) is 2.52. The predicted octanol–water partition coefficient (Wildman–Crippen LogP) is 1.36. The van der Waals surface area contributed by atoms with Crippen LogP contribution in [0.1, 0.15) is 25.3 Å². The van der Waals surface area contributed by atoms with E-state index in [0.29, 0.717) is 6.04 Å². The molecule has 2 rings (SSSR count). The van der Waals surface area contributed by atoms with Crippen LogP contribution in [-0.4, -0.2) is 34.7 Å². The Morgan fingerprint density at radius 3 is 2.53 bits per heavy atom. The molecule has 0 amide bonds. The largest absolute Gasteiger partial charge is 0.394 e. The molecule has 3 heteroatoms. The molecule has 17 heavy (non-hydrogen) atoms. The molecule has 1 aromatic rings.